The van der Waals surface area contributed by atoms with Gasteiger partial charge in [-0.25, -0.2) is 0 Å². The molecule has 10 nitrogen and oxygen atoms in total. The van der Waals surface area contributed by atoms with Crippen molar-refractivity contribution in [2.45, 2.75) is 95.0 Å². The van der Waals surface area contributed by atoms with E-state index < -0.39 is 24.0 Å². The van der Waals surface area contributed by atoms with Crippen LogP contribution in [0.1, 0.15) is 40.0 Å². The minimum Gasteiger partial charge on any atom is -0.462 e. The maximum Gasteiger partial charge on any atom is 0.309 e. The second-order valence-corrected chi connectivity index (χ2v) is 8.58. The fourth-order valence-electron chi connectivity index (χ4n) is 3.58. The summed E-state index contributed by atoms with van der Waals surface area (Å²) in [5.41, 5.74) is 0. The van der Waals surface area contributed by atoms with Crippen molar-refractivity contribution in [1.29, 1.82) is 0 Å². The summed E-state index contributed by atoms with van der Waals surface area (Å²) in [6.07, 6.45) is 2.68. The Morgan fingerprint density at radius 1 is 0.781 bits per heavy atom. The smallest absolute Gasteiger partial charge is 0.309 e. The Balaban J connectivity index is 1.19. The molecule has 4 saturated heterocycles. The highest BCUT2D eigenvalue weighted by atomic mass is 16.7. The molecule has 178 valence electrons. The third-order valence-corrected chi connectivity index (χ3v) is 5.82. The second kappa shape index (κ2) is 9.86. The molecule has 4 aliphatic heterocycles. The van der Waals surface area contributed by atoms with Gasteiger partial charge in [-0.2, -0.15) is 0 Å². The highest BCUT2D eigenvalue weighted by molar-refractivity contribution is 5.72. The third kappa shape index (κ3) is 6.74. The molecule has 0 spiro atoms. The molecular formula is C22H30O10. The fraction of sp³-hybridized carbons (Fsp3) is 0.773. The van der Waals surface area contributed by atoms with Crippen LogP contribution in [0.2, 0.25) is 0 Å². The molecule has 4 fully saturated rings. The molecule has 0 radical (unpaired) electrons. The van der Waals surface area contributed by atoms with Crippen molar-refractivity contribution in [2.75, 3.05) is 13.2 Å². The summed E-state index contributed by atoms with van der Waals surface area (Å²) in [4.78, 5) is 36.3. The van der Waals surface area contributed by atoms with E-state index in [0.29, 0.717) is 0 Å². The predicted molar refractivity (Wildman–Crippen MR) is 106 cm³/mol. The van der Waals surface area contributed by atoms with Gasteiger partial charge in [0.2, 0.25) is 0 Å². The molecular weight excluding hydrogens is 424 g/mol. The molecule has 4 aliphatic rings. The zero-order valence-corrected chi connectivity index (χ0v) is 18.5. The molecule has 0 N–H and O–H groups in total. The van der Waals surface area contributed by atoms with E-state index in [1.807, 2.05) is 32.9 Å². The molecule has 8 atom stereocenters. The first-order chi connectivity index (χ1) is 15.3. The van der Waals surface area contributed by atoms with Gasteiger partial charge in [-0.3, -0.25) is 14.4 Å². The van der Waals surface area contributed by atoms with Crippen LogP contribution in [0.5, 0.6) is 0 Å². The lowest BCUT2D eigenvalue weighted by Crippen LogP contribution is -2.31. The number of ether oxygens (including phenoxy) is 7. The number of rotatable bonds is 13. The Bertz CT molecular complexity index is 717. The molecule has 0 aromatic heterocycles. The van der Waals surface area contributed by atoms with Crippen LogP contribution in [0.25, 0.3) is 0 Å². The van der Waals surface area contributed by atoms with Crippen LogP contribution >= 0.6 is 0 Å². The average Bonchev–Trinajstić information content (AvgIpc) is 3.52. The number of epoxide rings is 4. The van der Waals surface area contributed by atoms with Crippen LogP contribution in [-0.4, -0.2) is 86.1 Å². The summed E-state index contributed by atoms with van der Waals surface area (Å²) in [5.74, 6) is -1.44. The van der Waals surface area contributed by atoms with Gasteiger partial charge in [-0.1, -0.05) is 12.2 Å². The molecule has 0 amide bonds. The summed E-state index contributed by atoms with van der Waals surface area (Å²) in [7, 11) is 0. The average molecular weight is 454 g/mol. The molecule has 0 saturated carbocycles. The van der Waals surface area contributed by atoms with Crippen molar-refractivity contribution in [1.82, 2.24) is 0 Å². The van der Waals surface area contributed by atoms with Gasteiger partial charge in [-0.15, -0.1) is 0 Å². The Hall–Kier alpha value is -2.01. The SMILES string of the molecule is CC=CC1OC1C1OC1CC(=O)OC(COC(=O)CC1OC1C)COC(=O)CC1OC1C. The second-order valence-electron chi connectivity index (χ2n) is 8.58. The standard InChI is InChI=1S/C22H30O10/c1-4-5-14-21(31-14)22-17(32-22)8-20(25)30-13(9-26-18(23)6-15-11(2)28-15)10-27-19(24)7-16-12(3)29-16/h4-5,11-17,21-22H,6-10H2,1-3H3. The van der Waals surface area contributed by atoms with Crippen molar-refractivity contribution in [3.63, 3.8) is 0 Å². The molecule has 0 aromatic rings. The maximum atomic E-state index is 12.4. The minimum atomic E-state index is -0.907. The van der Waals surface area contributed by atoms with Gasteiger partial charge in [0.15, 0.2) is 6.10 Å². The molecule has 0 bridgehead atoms. The number of esters is 3. The highest BCUT2D eigenvalue weighted by Crippen LogP contribution is 2.40. The van der Waals surface area contributed by atoms with Crippen LogP contribution in [0, 0.1) is 0 Å². The minimum absolute atomic E-state index is 0.0271. The summed E-state index contributed by atoms with van der Waals surface area (Å²) >= 11 is 0. The van der Waals surface area contributed by atoms with E-state index in [9.17, 15) is 14.4 Å². The number of carbonyl (C=O) groups is 3. The summed E-state index contributed by atoms with van der Waals surface area (Å²) in [5, 5.41) is 0. The van der Waals surface area contributed by atoms with Gasteiger partial charge in [0, 0.05) is 0 Å². The van der Waals surface area contributed by atoms with E-state index in [1.165, 1.54) is 0 Å². The first-order valence-electron chi connectivity index (χ1n) is 11.1. The zero-order valence-electron chi connectivity index (χ0n) is 18.5. The van der Waals surface area contributed by atoms with Crippen LogP contribution in [0.4, 0.5) is 0 Å². The fourth-order valence-corrected chi connectivity index (χ4v) is 3.58. The van der Waals surface area contributed by atoms with Gasteiger partial charge in [0.1, 0.15) is 31.5 Å². The van der Waals surface area contributed by atoms with Crippen molar-refractivity contribution in [3.05, 3.63) is 12.2 Å². The molecule has 0 aromatic carbocycles. The van der Waals surface area contributed by atoms with Crippen LogP contribution in [-0.2, 0) is 47.5 Å². The summed E-state index contributed by atoms with van der Waals surface area (Å²) in [6, 6.07) is 0. The van der Waals surface area contributed by atoms with Gasteiger partial charge < -0.3 is 33.2 Å². The molecule has 10 heteroatoms. The summed E-state index contributed by atoms with van der Waals surface area (Å²) in [6.45, 7) is 5.23. The first-order valence-corrected chi connectivity index (χ1v) is 11.1. The van der Waals surface area contributed by atoms with Gasteiger partial charge in [0.05, 0.1) is 49.8 Å². The molecule has 8 unspecified atom stereocenters. The molecule has 4 rings (SSSR count). The van der Waals surface area contributed by atoms with Crippen molar-refractivity contribution >= 4 is 17.9 Å². The van der Waals surface area contributed by atoms with E-state index in [-0.39, 0.29) is 81.3 Å². The van der Waals surface area contributed by atoms with Crippen molar-refractivity contribution in [2.24, 2.45) is 0 Å². The Kier molecular flexibility index (Phi) is 7.14. The maximum absolute atomic E-state index is 12.4. The van der Waals surface area contributed by atoms with Gasteiger partial charge >= 0.3 is 17.9 Å². The number of hydrogen-bond acceptors (Lipinski definition) is 10. The molecule has 32 heavy (non-hydrogen) atoms. The lowest BCUT2D eigenvalue weighted by molar-refractivity contribution is -0.167. The first kappa shape index (κ1) is 23.2. The zero-order chi connectivity index (χ0) is 22.8. The molecule has 4 heterocycles. The number of carbonyl (C=O) groups excluding carboxylic acids is 3. The molecule has 0 aliphatic carbocycles. The van der Waals surface area contributed by atoms with E-state index >= 15 is 0 Å². The number of hydrogen-bond donors (Lipinski definition) is 0. The van der Waals surface area contributed by atoms with E-state index in [1.54, 1.807) is 0 Å². The van der Waals surface area contributed by atoms with E-state index in [4.69, 9.17) is 33.2 Å². The number of allylic oxidation sites excluding steroid dienone is 1. The Morgan fingerprint density at radius 2 is 1.31 bits per heavy atom. The Morgan fingerprint density at radius 3 is 1.81 bits per heavy atom. The normalized spacial score (nSPS) is 37.5. The topological polar surface area (TPSA) is 129 Å². The third-order valence-electron chi connectivity index (χ3n) is 5.82. The lowest BCUT2D eigenvalue weighted by atomic mass is 10.1. The van der Waals surface area contributed by atoms with Gasteiger partial charge in [-0.05, 0) is 20.8 Å². The van der Waals surface area contributed by atoms with Crippen LogP contribution in [0.15, 0.2) is 12.2 Å². The van der Waals surface area contributed by atoms with Crippen LogP contribution in [0.3, 0.4) is 0 Å². The Labute approximate surface area is 186 Å². The highest BCUT2D eigenvalue weighted by Gasteiger charge is 2.57. The van der Waals surface area contributed by atoms with E-state index in [2.05, 4.69) is 0 Å². The van der Waals surface area contributed by atoms with E-state index in [0.717, 1.165) is 0 Å². The quantitative estimate of drug-likeness (QED) is 0.171. The van der Waals surface area contributed by atoms with Crippen molar-refractivity contribution < 1.29 is 47.5 Å². The van der Waals surface area contributed by atoms with Crippen molar-refractivity contribution in [3.8, 4) is 0 Å². The largest absolute Gasteiger partial charge is 0.462 e. The summed E-state index contributed by atoms with van der Waals surface area (Å²) < 4.78 is 37.3. The lowest BCUT2D eigenvalue weighted by Gasteiger charge is -2.18. The van der Waals surface area contributed by atoms with Gasteiger partial charge in [0.25, 0.3) is 0 Å². The monoisotopic (exact) mass is 454 g/mol. The predicted octanol–water partition coefficient (Wildman–Crippen LogP) is 0.840. The van der Waals surface area contributed by atoms with Crippen LogP contribution < -0.4 is 0 Å².